The Kier molecular flexibility index (Phi) is 4.17. The summed E-state index contributed by atoms with van der Waals surface area (Å²) in [6, 6.07) is 2.15. The van der Waals surface area contributed by atoms with Crippen molar-refractivity contribution in [3.05, 3.63) is 17.8 Å². The number of anilines is 1. The largest absolute Gasteiger partial charge is 0.435 e. The third kappa shape index (κ3) is 3.39. The molecule has 2 N–H and O–H groups in total. The summed E-state index contributed by atoms with van der Waals surface area (Å²) in [6.07, 6.45) is -0.868. The van der Waals surface area contributed by atoms with E-state index in [1.165, 1.54) is 6.07 Å². The van der Waals surface area contributed by atoms with E-state index < -0.39 is 17.4 Å². The van der Waals surface area contributed by atoms with Crippen LogP contribution in [0.25, 0.3) is 0 Å². The molecule has 0 aromatic carbocycles. The van der Waals surface area contributed by atoms with Crippen molar-refractivity contribution in [3.8, 4) is 0 Å². The minimum Gasteiger partial charge on any atom is -0.394 e. The molecular formula is C13H18F3N3O. The Morgan fingerprint density at radius 2 is 2.15 bits per heavy atom. The number of alkyl halides is 3. The molecule has 112 valence electrons. The summed E-state index contributed by atoms with van der Waals surface area (Å²) in [5, 5.41) is 19.4. The van der Waals surface area contributed by atoms with E-state index in [9.17, 15) is 18.3 Å². The van der Waals surface area contributed by atoms with Gasteiger partial charge in [-0.2, -0.15) is 13.2 Å². The Morgan fingerprint density at radius 3 is 2.65 bits per heavy atom. The molecule has 1 heterocycles. The average molecular weight is 289 g/mol. The standard InChI is InChI=1S/C13H18F3N3O/c1-9-3-2-6-12(7-9,8-20)17-11-5-4-10(18-19-11)13(14,15)16/h4-5,9,20H,2-3,6-8H2,1H3,(H,17,19). The van der Waals surface area contributed by atoms with E-state index in [-0.39, 0.29) is 12.4 Å². The smallest absolute Gasteiger partial charge is 0.394 e. The highest BCUT2D eigenvalue weighted by Crippen LogP contribution is 2.34. The first-order valence-corrected chi connectivity index (χ1v) is 6.65. The molecule has 20 heavy (non-hydrogen) atoms. The van der Waals surface area contributed by atoms with Crippen LogP contribution in [0.5, 0.6) is 0 Å². The highest BCUT2D eigenvalue weighted by Gasteiger charge is 2.36. The molecule has 0 spiro atoms. The SMILES string of the molecule is CC1CCCC(CO)(Nc2ccc(C(F)(F)F)nn2)C1. The van der Waals surface area contributed by atoms with E-state index in [4.69, 9.17) is 0 Å². The predicted molar refractivity (Wildman–Crippen MR) is 68.1 cm³/mol. The van der Waals surface area contributed by atoms with Gasteiger partial charge in [0.05, 0.1) is 12.1 Å². The van der Waals surface area contributed by atoms with Gasteiger partial charge in [0.15, 0.2) is 5.69 Å². The van der Waals surface area contributed by atoms with Gasteiger partial charge in [-0.05, 0) is 30.9 Å². The van der Waals surface area contributed by atoms with Gasteiger partial charge in [-0.15, -0.1) is 10.2 Å². The van der Waals surface area contributed by atoms with Crippen LogP contribution in [0, 0.1) is 5.92 Å². The quantitative estimate of drug-likeness (QED) is 0.898. The van der Waals surface area contributed by atoms with Gasteiger partial charge in [0.2, 0.25) is 0 Å². The van der Waals surface area contributed by atoms with E-state index in [0.717, 1.165) is 31.7 Å². The molecule has 0 aliphatic heterocycles. The second-order valence-electron chi connectivity index (χ2n) is 5.57. The van der Waals surface area contributed by atoms with Crippen molar-refractivity contribution >= 4 is 5.82 Å². The summed E-state index contributed by atoms with van der Waals surface area (Å²) in [5.74, 6) is 0.729. The molecule has 4 nitrogen and oxygen atoms in total. The van der Waals surface area contributed by atoms with Gasteiger partial charge in [-0.25, -0.2) is 0 Å². The number of nitrogens with zero attached hydrogens (tertiary/aromatic N) is 2. The van der Waals surface area contributed by atoms with E-state index >= 15 is 0 Å². The summed E-state index contributed by atoms with van der Waals surface area (Å²) >= 11 is 0. The van der Waals surface area contributed by atoms with Gasteiger partial charge in [-0.1, -0.05) is 19.8 Å². The highest BCUT2D eigenvalue weighted by atomic mass is 19.4. The average Bonchev–Trinajstić information content (AvgIpc) is 2.38. The van der Waals surface area contributed by atoms with E-state index in [1.807, 2.05) is 0 Å². The normalized spacial score (nSPS) is 27.4. The zero-order valence-corrected chi connectivity index (χ0v) is 11.2. The van der Waals surface area contributed by atoms with Crippen LogP contribution in [-0.2, 0) is 6.18 Å². The van der Waals surface area contributed by atoms with Gasteiger partial charge < -0.3 is 10.4 Å². The predicted octanol–water partition coefficient (Wildman–Crippen LogP) is 2.85. The second-order valence-corrected chi connectivity index (χ2v) is 5.57. The monoisotopic (exact) mass is 289 g/mol. The van der Waals surface area contributed by atoms with Crippen LogP contribution in [0.2, 0.25) is 0 Å². The Bertz CT molecular complexity index is 449. The number of nitrogens with one attached hydrogen (secondary N) is 1. The Hall–Kier alpha value is -1.37. The molecule has 7 heteroatoms. The van der Waals surface area contributed by atoms with Crippen molar-refractivity contribution in [2.24, 2.45) is 5.92 Å². The Labute approximate surface area is 115 Å². The first kappa shape index (κ1) is 15.0. The molecule has 0 bridgehead atoms. The van der Waals surface area contributed by atoms with Crippen molar-refractivity contribution in [3.63, 3.8) is 0 Å². The molecule has 1 saturated carbocycles. The maximum absolute atomic E-state index is 12.4. The number of halogens is 3. The third-order valence-electron chi connectivity index (χ3n) is 3.74. The summed E-state index contributed by atoms with van der Waals surface area (Å²) in [5.41, 5.74) is -1.52. The van der Waals surface area contributed by atoms with Crippen LogP contribution in [-0.4, -0.2) is 27.4 Å². The summed E-state index contributed by atoms with van der Waals surface area (Å²) < 4.78 is 37.2. The summed E-state index contributed by atoms with van der Waals surface area (Å²) in [7, 11) is 0. The Morgan fingerprint density at radius 1 is 1.40 bits per heavy atom. The molecule has 1 fully saturated rings. The number of hydrogen-bond acceptors (Lipinski definition) is 4. The van der Waals surface area contributed by atoms with Crippen LogP contribution >= 0.6 is 0 Å². The molecule has 0 amide bonds. The van der Waals surface area contributed by atoms with Crippen LogP contribution in [0.3, 0.4) is 0 Å². The third-order valence-corrected chi connectivity index (χ3v) is 3.74. The van der Waals surface area contributed by atoms with Crippen molar-refractivity contribution in [1.82, 2.24) is 10.2 Å². The summed E-state index contributed by atoms with van der Waals surface area (Å²) in [6.45, 7) is 2.03. The van der Waals surface area contributed by atoms with Crippen LogP contribution in [0.1, 0.15) is 38.3 Å². The van der Waals surface area contributed by atoms with Gasteiger partial charge in [0.25, 0.3) is 0 Å². The van der Waals surface area contributed by atoms with Crippen molar-refractivity contribution in [2.75, 3.05) is 11.9 Å². The molecule has 0 radical (unpaired) electrons. The maximum Gasteiger partial charge on any atom is 0.435 e. The van der Waals surface area contributed by atoms with Gasteiger partial charge >= 0.3 is 6.18 Å². The number of rotatable bonds is 3. The van der Waals surface area contributed by atoms with Gasteiger partial charge in [-0.3, -0.25) is 0 Å². The van der Waals surface area contributed by atoms with Crippen LogP contribution < -0.4 is 5.32 Å². The molecule has 1 aliphatic carbocycles. The molecule has 2 atom stereocenters. The fraction of sp³-hybridized carbons (Fsp3) is 0.692. The van der Waals surface area contributed by atoms with Crippen LogP contribution in [0.15, 0.2) is 12.1 Å². The number of aliphatic hydroxyl groups is 1. The fourth-order valence-electron chi connectivity index (χ4n) is 2.78. The maximum atomic E-state index is 12.4. The molecule has 2 rings (SSSR count). The lowest BCUT2D eigenvalue weighted by molar-refractivity contribution is -0.141. The second kappa shape index (κ2) is 5.55. The molecule has 0 saturated heterocycles. The van der Waals surface area contributed by atoms with Gasteiger partial charge in [0.1, 0.15) is 5.82 Å². The Balaban J connectivity index is 2.12. The lowest BCUT2D eigenvalue weighted by atomic mass is 9.77. The number of aromatic nitrogens is 2. The highest BCUT2D eigenvalue weighted by molar-refractivity contribution is 5.37. The number of hydrogen-bond donors (Lipinski definition) is 2. The van der Waals surface area contributed by atoms with E-state index in [2.05, 4.69) is 22.4 Å². The van der Waals surface area contributed by atoms with E-state index in [0.29, 0.717) is 5.92 Å². The van der Waals surface area contributed by atoms with Crippen LogP contribution in [0.4, 0.5) is 19.0 Å². The van der Waals surface area contributed by atoms with Crippen molar-refractivity contribution in [1.29, 1.82) is 0 Å². The molecule has 2 unspecified atom stereocenters. The lowest BCUT2D eigenvalue weighted by Crippen LogP contribution is -2.46. The zero-order chi connectivity index (χ0) is 14.8. The van der Waals surface area contributed by atoms with Crippen molar-refractivity contribution in [2.45, 2.75) is 44.3 Å². The molecule has 1 aromatic heterocycles. The van der Waals surface area contributed by atoms with E-state index in [1.54, 1.807) is 0 Å². The zero-order valence-electron chi connectivity index (χ0n) is 11.2. The first-order valence-electron chi connectivity index (χ1n) is 6.65. The summed E-state index contributed by atoms with van der Waals surface area (Å²) in [4.78, 5) is 0. The number of aliphatic hydroxyl groups excluding tert-OH is 1. The fourth-order valence-corrected chi connectivity index (χ4v) is 2.78. The lowest BCUT2D eigenvalue weighted by Gasteiger charge is -2.39. The minimum atomic E-state index is -4.49. The molecule has 1 aliphatic rings. The van der Waals surface area contributed by atoms with Crippen molar-refractivity contribution < 1.29 is 18.3 Å². The van der Waals surface area contributed by atoms with Gasteiger partial charge in [0, 0.05) is 0 Å². The molecule has 1 aromatic rings. The first-order chi connectivity index (χ1) is 9.35. The molecular weight excluding hydrogens is 271 g/mol. The minimum absolute atomic E-state index is 0.0694. The topological polar surface area (TPSA) is 58.0 Å².